The molecular formula is C16H21Cl2NO3S. The normalized spacial score (nSPS) is 21.8. The molecule has 1 heterocycles. The van der Waals surface area contributed by atoms with Gasteiger partial charge in [0.2, 0.25) is 5.91 Å². The Hall–Kier alpha value is -0.780. The summed E-state index contributed by atoms with van der Waals surface area (Å²) < 4.78 is 4.22. The number of esters is 1. The lowest BCUT2D eigenvalue weighted by Crippen LogP contribution is -2.26. The van der Waals surface area contributed by atoms with Gasteiger partial charge in [-0.15, -0.1) is 34.5 Å². The molecule has 7 heteroatoms. The number of carbonyl (C=O) groups excluding carboxylic acids is 2. The molecule has 23 heavy (non-hydrogen) atoms. The van der Waals surface area contributed by atoms with Crippen molar-refractivity contribution >= 4 is 51.4 Å². The third kappa shape index (κ3) is 3.37. The number of aryl methyl sites for hydroxylation is 1. The highest BCUT2D eigenvalue weighted by atomic mass is 35.5. The smallest absolute Gasteiger partial charge is 0.341 e. The average Bonchev–Trinajstić information content (AvgIpc) is 2.85. The molecule has 1 aliphatic carbocycles. The Kier molecular flexibility index (Phi) is 5.34. The van der Waals surface area contributed by atoms with Gasteiger partial charge in [0.1, 0.15) is 9.33 Å². The lowest BCUT2D eigenvalue weighted by molar-refractivity contribution is -0.120. The molecule has 1 atom stereocenters. The number of amides is 1. The van der Waals surface area contributed by atoms with Crippen LogP contribution >= 0.6 is 34.5 Å². The summed E-state index contributed by atoms with van der Waals surface area (Å²) in [4.78, 5) is 25.9. The predicted octanol–water partition coefficient (Wildman–Crippen LogP) is 4.71. The third-order valence-corrected chi connectivity index (χ3v) is 6.35. The molecular weight excluding hydrogens is 357 g/mol. The van der Waals surface area contributed by atoms with E-state index < -0.39 is 15.7 Å². The van der Waals surface area contributed by atoms with Crippen molar-refractivity contribution in [3.63, 3.8) is 0 Å². The highest BCUT2D eigenvalue weighted by Gasteiger charge is 2.68. The first kappa shape index (κ1) is 18.6. The summed E-state index contributed by atoms with van der Waals surface area (Å²) in [6.07, 6.45) is 1.84. The summed E-state index contributed by atoms with van der Waals surface area (Å²) in [5.41, 5.74) is 0.538. The fraction of sp³-hybridized carbons (Fsp3) is 0.625. The van der Waals surface area contributed by atoms with Crippen molar-refractivity contribution in [2.45, 2.75) is 51.3 Å². The first-order valence-electron chi connectivity index (χ1n) is 7.66. The van der Waals surface area contributed by atoms with Gasteiger partial charge in [-0.25, -0.2) is 4.79 Å². The Balaban J connectivity index is 2.28. The second-order valence-electron chi connectivity index (χ2n) is 6.00. The standard InChI is InChI=1S/C16H21Cl2NO3S/c1-5-7-22-13(20)11-10(6-2)9(3)23-12(11)19-14(21)15(4)8-16(15,17)18/h5-8H2,1-4H3,(H,19,21). The van der Waals surface area contributed by atoms with E-state index in [1.54, 1.807) is 6.92 Å². The van der Waals surface area contributed by atoms with E-state index in [0.717, 1.165) is 16.9 Å². The molecule has 1 aliphatic rings. The molecule has 1 N–H and O–H groups in total. The molecule has 1 aromatic rings. The Bertz CT molecular complexity index is 642. The second kappa shape index (κ2) is 6.61. The van der Waals surface area contributed by atoms with Gasteiger partial charge in [0, 0.05) is 4.88 Å². The van der Waals surface area contributed by atoms with Crippen molar-refractivity contribution in [2.75, 3.05) is 11.9 Å². The van der Waals surface area contributed by atoms with Gasteiger partial charge in [0.15, 0.2) is 0 Å². The van der Waals surface area contributed by atoms with Crippen LogP contribution in [0.4, 0.5) is 5.00 Å². The van der Waals surface area contributed by atoms with Gasteiger partial charge in [0.25, 0.3) is 0 Å². The zero-order chi connectivity index (χ0) is 17.4. The maximum atomic E-state index is 12.5. The van der Waals surface area contributed by atoms with Crippen molar-refractivity contribution in [1.82, 2.24) is 0 Å². The number of anilines is 1. The molecule has 0 saturated heterocycles. The number of nitrogens with one attached hydrogen (secondary N) is 1. The van der Waals surface area contributed by atoms with E-state index in [0.29, 0.717) is 30.0 Å². The van der Waals surface area contributed by atoms with Gasteiger partial charge in [-0.3, -0.25) is 4.79 Å². The molecule has 0 radical (unpaired) electrons. The van der Waals surface area contributed by atoms with Crippen LogP contribution < -0.4 is 5.32 Å². The van der Waals surface area contributed by atoms with E-state index in [1.807, 2.05) is 20.8 Å². The number of hydrogen-bond donors (Lipinski definition) is 1. The summed E-state index contributed by atoms with van der Waals surface area (Å²) in [5.74, 6) is -0.664. The lowest BCUT2D eigenvalue weighted by Gasteiger charge is -2.13. The van der Waals surface area contributed by atoms with Crippen LogP contribution in [-0.4, -0.2) is 22.8 Å². The largest absolute Gasteiger partial charge is 0.462 e. The maximum Gasteiger partial charge on any atom is 0.341 e. The summed E-state index contributed by atoms with van der Waals surface area (Å²) >= 11 is 13.5. The lowest BCUT2D eigenvalue weighted by atomic mass is 10.1. The number of rotatable bonds is 6. The molecule has 1 unspecified atom stereocenters. The highest BCUT2D eigenvalue weighted by Crippen LogP contribution is 2.64. The molecule has 0 aromatic carbocycles. The van der Waals surface area contributed by atoms with Gasteiger partial charge < -0.3 is 10.1 Å². The molecule has 0 aliphatic heterocycles. The first-order valence-corrected chi connectivity index (χ1v) is 9.23. The number of hydrogen-bond acceptors (Lipinski definition) is 4. The molecule has 1 aromatic heterocycles. The van der Waals surface area contributed by atoms with E-state index >= 15 is 0 Å². The molecule has 4 nitrogen and oxygen atoms in total. The minimum absolute atomic E-state index is 0.268. The molecule has 0 bridgehead atoms. The highest BCUT2D eigenvalue weighted by molar-refractivity contribution is 7.16. The topological polar surface area (TPSA) is 55.4 Å². The van der Waals surface area contributed by atoms with Gasteiger partial charge in [-0.2, -0.15) is 0 Å². The molecule has 128 valence electrons. The number of ether oxygens (including phenoxy) is 1. The van der Waals surface area contributed by atoms with Crippen molar-refractivity contribution in [3.05, 3.63) is 16.0 Å². The van der Waals surface area contributed by atoms with Crippen LogP contribution in [-0.2, 0) is 16.0 Å². The van der Waals surface area contributed by atoms with Gasteiger partial charge in [0.05, 0.1) is 17.6 Å². The summed E-state index contributed by atoms with van der Waals surface area (Å²) in [7, 11) is 0. The number of carbonyl (C=O) groups is 2. The molecule has 0 spiro atoms. The summed E-state index contributed by atoms with van der Waals surface area (Å²) in [6.45, 7) is 7.92. The maximum absolute atomic E-state index is 12.5. The van der Waals surface area contributed by atoms with Crippen LogP contribution in [0, 0.1) is 12.3 Å². The van der Waals surface area contributed by atoms with E-state index in [2.05, 4.69) is 5.32 Å². The van der Waals surface area contributed by atoms with Gasteiger partial charge in [-0.05, 0) is 38.7 Å². The minimum Gasteiger partial charge on any atom is -0.462 e. The molecule has 1 saturated carbocycles. The zero-order valence-electron chi connectivity index (χ0n) is 13.7. The fourth-order valence-corrected chi connectivity index (χ4v) is 4.30. The monoisotopic (exact) mass is 377 g/mol. The van der Waals surface area contributed by atoms with E-state index in [4.69, 9.17) is 27.9 Å². The van der Waals surface area contributed by atoms with Crippen LogP contribution in [0.1, 0.15) is 54.4 Å². The van der Waals surface area contributed by atoms with E-state index in [9.17, 15) is 9.59 Å². The van der Waals surface area contributed by atoms with Crippen molar-refractivity contribution in [1.29, 1.82) is 0 Å². The quantitative estimate of drug-likeness (QED) is 0.576. The van der Waals surface area contributed by atoms with Gasteiger partial charge in [-0.1, -0.05) is 13.8 Å². The van der Waals surface area contributed by atoms with Crippen molar-refractivity contribution in [3.8, 4) is 0 Å². The van der Waals surface area contributed by atoms with Crippen molar-refractivity contribution in [2.24, 2.45) is 5.41 Å². The number of thiophene rings is 1. The number of halogens is 2. The van der Waals surface area contributed by atoms with Crippen LogP contribution in [0.2, 0.25) is 0 Å². The SMILES string of the molecule is CCCOC(=O)c1c(NC(=O)C2(C)CC2(Cl)Cl)sc(C)c1CC. The molecule has 2 rings (SSSR count). The Morgan fingerprint density at radius 2 is 1.96 bits per heavy atom. The summed E-state index contributed by atoms with van der Waals surface area (Å²) in [5, 5.41) is 3.35. The first-order chi connectivity index (χ1) is 10.7. The molecule has 1 amide bonds. The van der Waals surface area contributed by atoms with Crippen LogP contribution in [0.15, 0.2) is 0 Å². The Labute approximate surface area is 150 Å². The van der Waals surface area contributed by atoms with Crippen LogP contribution in [0.5, 0.6) is 0 Å². The zero-order valence-corrected chi connectivity index (χ0v) is 16.0. The minimum atomic E-state index is -1.04. The van der Waals surface area contributed by atoms with E-state index in [1.165, 1.54) is 11.3 Å². The Morgan fingerprint density at radius 1 is 1.35 bits per heavy atom. The Morgan fingerprint density at radius 3 is 2.43 bits per heavy atom. The third-order valence-electron chi connectivity index (χ3n) is 4.19. The number of alkyl halides is 2. The predicted molar refractivity (Wildman–Crippen MR) is 94.8 cm³/mol. The average molecular weight is 378 g/mol. The summed E-state index contributed by atoms with van der Waals surface area (Å²) in [6, 6.07) is 0. The van der Waals surface area contributed by atoms with Gasteiger partial charge >= 0.3 is 5.97 Å². The fourth-order valence-electron chi connectivity index (χ4n) is 2.46. The second-order valence-corrected chi connectivity index (χ2v) is 8.71. The van der Waals surface area contributed by atoms with Crippen molar-refractivity contribution < 1.29 is 14.3 Å². The van der Waals surface area contributed by atoms with E-state index in [-0.39, 0.29) is 5.91 Å². The van der Waals surface area contributed by atoms with Crippen LogP contribution in [0.25, 0.3) is 0 Å². The molecule has 1 fully saturated rings. The van der Waals surface area contributed by atoms with Crippen LogP contribution in [0.3, 0.4) is 0 Å².